The summed E-state index contributed by atoms with van der Waals surface area (Å²) < 4.78 is 6.08. The molecule has 2 heteroatoms. The van der Waals surface area contributed by atoms with Crippen molar-refractivity contribution in [2.24, 2.45) is 10.9 Å². The summed E-state index contributed by atoms with van der Waals surface area (Å²) in [7, 11) is 0. The lowest BCUT2D eigenvalue weighted by atomic mass is 9.81. The van der Waals surface area contributed by atoms with Gasteiger partial charge in [0.2, 0.25) is 0 Å². The Morgan fingerprint density at radius 3 is 2.89 bits per heavy atom. The van der Waals surface area contributed by atoms with E-state index in [2.05, 4.69) is 31.6 Å². The first-order valence-corrected chi connectivity index (χ1v) is 7.99. The minimum atomic E-state index is 0.149. The van der Waals surface area contributed by atoms with Gasteiger partial charge in [0.05, 0.1) is 5.60 Å². The maximum absolute atomic E-state index is 6.08. The summed E-state index contributed by atoms with van der Waals surface area (Å²) in [5, 5.41) is 0. The second-order valence-electron chi connectivity index (χ2n) is 5.76. The molecule has 1 rings (SSSR count). The number of ether oxygens (including phenoxy) is 1. The van der Waals surface area contributed by atoms with Gasteiger partial charge < -0.3 is 4.74 Å². The molecule has 1 fully saturated rings. The molecule has 0 aromatic carbocycles. The van der Waals surface area contributed by atoms with Crippen LogP contribution in [0.2, 0.25) is 0 Å². The van der Waals surface area contributed by atoms with Gasteiger partial charge in [-0.2, -0.15) is 0 Å². The Morgan fingerprint density at radius 2 is 2.21 bits per heavy atom. The standard InChI is InChI=1S/C17H31NO/c1-4-7-8-9-12-18-15-16-10-13-19-17(6-3,14-16)11-5-2/h4,12,16H,1,5-11,13-15H2,2-3H3. The zero-order valence-electron chi connectivity index (χ0n) is 12.9. The summed E-state index contributed by atoms with van der Waals surface area (Å²) in [5.74, 6) is 0.718. The Hall–Kier alpha value is -0.630. The molecule has 0 aliphatic carbocycles. The van der Waals surface area contributed by atoms with Gasteiger partial charge in [-0.3, -0.25) is 4.99 Å². The Balaban J connectivity index is 2.31. The molecule has 2 unspecified atom stereocenters. The summed E-state index contributed by atoms with van der Waals surface area (Å²) in [6, 6.07) is 0. The molecule has 0 N–H and O–H groups in total. The van der Waals surface area contributed by atoms with Gasteiger partial charge in [-0.25, -0.2) is 0 Å². The molecule has 0 saturated carbocycles. The van der Waals surface area contributed by atoms with Crippen molar-refractivity contribution in [3.05, 3.63) is 12.7 Å². The number of nitrogens with zero attached hydrogens (tertiary/aromatic N) is 1. The molecule has 1 heterocycles. The predicted molar refractivity (Wildman–Crippen MR) is 84.0 cm³/mol. The SMILES string of the molecule is C=CCCCC=NCC1CCOC(CC)(CCC)C1. The minimum Gasteiger partial charge on any atom is -0.375 e. The van der Waals surface area contributed by atoms with Crippen molar-refractivity contribution >= 4 is 6.21 Å². The van der Waals surface area contributed by atoms with E-state index >= 15 is 0 Å². The average molecular weight is 265 g/mol. The van der Waals surface area contributed by atoms with Gasteiger partial charge in [-0.1, -0.05) is 26.3 Å². The highest BCUT2D eigenvalue weighted by Crippen LogP contribution is 2.35. The van der Waals surface area contributed by atoms with Crippen molar-refractivity contribution in [1.29, 1.82) is 0 Å². The molecular weight excluding hydrogens is 234 g/mol. The molecule has 1 saturated heterocycles. The Kier molecular flexibility index (Phi) is 8.04. The van der Waals surface area contributed by atoms with E-state index in [1.807, 2.05) is 6.08 Å². The van der Waals surface area contributed by atoms with Gasteiger partial charge in [0.15, 0.2) is 0 Å². The van der Waals surface area contributed by atoms with E-state index in [4.69, 9.17) is 4.74 Å². The van der Waals surface area contributed by atoms with E-state index in [1.165, 1.54) is 32.1 Å². The molecule has 0 aromatic heterocycles. The average Bonchev–Trinajstić information content (AvgIpc) is 2.43. The molecular formula is C17H31NO. The molecule has 2 nitrogen and oxygen atoms in total. The third-order valence-corrected chi connectivity index (χ3v) is 4.18. The summed E-state index contributed by atoms with van der Waals surface area (Å²) in [5.41, 5.74) is 0.149. The van der Waals surface area contributed by atoms with Gasteiger partial charge in [0.25, 0.3) is 0 Å². The smallest absolute Gasteiger partial charge is 0.0683 e. The highest BCUT2D eigenvalue weighted by Gasteiger charge is 2.34. The van der Waals surface area contributed by atoms with Gasteiger partial charge in [0.1, 0.15) is 0 Å². The monoisotopic (exact) mass is 265 g/mol. The highest BCUT2D eigenvalue weighted by atomic mass is 16.5. The van der Waals surface area contributed by atoms with Crippen LogP contribution in [-0.4, -0.2) is 25.0 Å². The van der Waals surface area contributed by atoms with E-state index < -0.39 is 0 Å². The number of allylic oxidation sites excluding steroid dienone is 1. The Labute approximate surface area is 119 Å². The topological polar surface area (TPSA) is 21.6 Å². The van der Waals surface area contributed by atoms with Crippen LogP contribution in [0.1, 0.15) is 65.2 Å². The van der Waals surface area contributed by atoms with Crippen LogP contribution < -0.4 is 0 Å². The van der Waals surface area contributed by atoms with E-state index in [0.29, 0.717) is 0 Å². The fourth-order valence-electron chi connectivity index (χ4n) is 3.01. The highest BCUT2D eigenvalue weighted by molar-refractivity contribution is 5.56. The number of hydrogen-bond acceptors (Lipinski definition) is 2. The van der Waals surface area contributed by atoms with Crippen LogP contribution in [0.3, 0.4) is 0 Å². The van der Waals surface area contributed by atoms with Gasteiger partial charge in [0, 0.05) is 13.2 Å². The molecule has 0 radical (unpaired) electrons. The van der Waals surface area contributed by atoms with Gasteiger partial charge >= 0.3 is 0 Å². The molecule has 1 aliphatic heterocycles. The van der Waals surface area contributed by atoms with E-state index in [0.717, 1.165) is 38.3 Å². The number of aliphatic imine (C=N–C) groups is 1. The summed E-state index contributed by atoms with van der Waals surface area (Å²) in [4.78, 5) is 4.61. The first-order chi connectivity index (χ1) is 9.26. The lowest BCUT2D eigenvalue weighted by Gasteiger charge is -2.40. The molecule has 0 spiro atoms. The summed E-state index contributed by atoms with van der Waals surface area (Å²) >= 11 is 0. The van der Waals surface area contributed by atoms with Crippen LogP contribution in [0.5, 0.6) is 0 Å². The number of hydrogen-bond donors (Lipinski definition) is 0. The summed E-state index contributed by atoms with van der Waals surface area (Å²) in [6.45, 7) is 10.2. The maximum atomic E-state index is 6.08. The van der Waals surface area contributed by atoms with Gasteiger partial charge in [-0.15, -0.1) is 6.58 Å². The molecule has 110 valence electrons. The van der Waals surface area contributed by atoms with Crippen molar-refractivity contribution < 1.29 is 4.74 Å². The van der Waals surface area contributed by atoms with Crippen LogP contribution in [0.4, 0.5) is 0 Å². The number of rotatable bonds is 9. The fraction of sp³-hybridized carbons (Fsp3) is 0.824. The van der Waals surface area contributed by atoms with E-state index in [-0.39, 0.29) is 5.60 Å². The second kappa shape index (κ2) is 9.30. The molecule has 1 aliphatic rings. The first-order valence-electron chi connectivity index (χ1n) is 7.99. The van der Waals surface area contributed by atoms with Crippen LogP contribution in [-0.2, 0) is 4.74 Å². The Morgan fingerprint density at radius 1 is 1.37 bits per heavy atom. The largest absolute Gasteiger partial charge is 0.375 e. The van der Waals surface area contributed by atoms with Crippen molar-refractivity contribution in [2.45, 2.75) is 70.8 Å². The molecule has 0 aromatic rings. The van der Waals surface area contributed by atoms with Crippen molar-refractivity contribution in [2.75, 3.05) is 13.2 Å². The van der Waals surface area contributed by atoms with Crippen LogP contribution in [0.15, 0.2) is 17.6 Å². The minimum absolute atomic E-state index is 0.149. The quantitative estimate of drug-likeness (QED) is 0.334. The molecule has 0 amide bonds. The van der Waals surface area contributed by atoms with E-state index in [1.54, 1.807) is 0 Å². The van der Waals surface area contributed by atoms with Crippen molar-refractivity contribution in [3.63, 3.8) is 0 Å². The van der Waals surface area contributed by atoms with Crippen molar-refractivity contribution in [3.8, 4) is 0 Å². The first kappa shape index (κ1) is 16.4. The van der Waals surface area contributed by atoms with E-state index in [9.17, 15) is 0 Å². The predicted octanol–water partition coefficient (Wildman–Crippen LogP) is 4.79. The number of unbranched alkanes of at least 4 members (excludes halogenated alkanes) is 2. The van der Waals surface area contributed by atoms with Crippen LogP contribution >= 0.6 is 0 Å². The summed E-state index contributed by atoms with van der Waals surface area (Å²) in [6.07, 6.45) is 13.4. The van der Waals surface area contributed by atoms with Gasteiger partial charge in [-0.05, 0) is 57.1 Å². The third kappa shape index (κ3) is 5.90. The van der Waals surface area contributed by atoms with Crippen LogP contribution in [0, 0.1) is 5.92 Å². The molecule has 0 bridgehead atoms. The maximum Gasteiger partial charge on any atom is 0.0683 e. The molecule has 2 atom stereocenters. The Bertz CT molecular complexity index is 270. The zero-order chi connectivity index (χ0) is 14.0. The third-order valence-electron chi connectivity index (χ3n) is 4.18. The van der Waals surface area contributed by atoms with Crippen LogP contribution in [0.25, 0.3) is 0 Å². The second-order valence-corrected chi connectivity index (χ2v) is 5.76. The fourth-order valence-corrected chi connectivity index (χ4v) is 3.01. The molecule has 19 heavy (non-hydrogen) atoms. The lowest BCUT2D eigenvalue weighted by molar-refractivity contribution is -0.103. The lowest BCUT2D eigenvalue weighted by Crippen LogP contribution is -2.40. The zero-order valence-corrected chi connectivity index (χ0v) is 12.9. The van der Waals surface area contributed by atoms with Crippen molar-refractivity contribution in [1.82, 2.24) is 0 Å². The normalized spacial score (nSPS) is 27.8.